The smallest absolute Gasteiger partial charge is 0.234 e. The summed E-state index contributed by atoms with van der Waals surface area (Å²) in [4.78, 5) is 12.1. The quantitative estimate of drug-likeness (QED) is 0.671. The van der Waals surface area contributed by atoms with Crippen LogP contribution in [0.1, 0.15) is 5.56 Å². The SMILES string of the molecule is COc1ccccc1-n1cnnc1SCC(=O)Nc1ccc(C)c(F)c1. The summed E-state index contributed by atoms with van der Waals surface area (Å²) in [6.07, 6.45) is 1.56. The monoisotopic (exact) mass is 372 g/mol. The Morgan fingerprint density at radius 2 is 2.12 bits per heavy atom. The van der Waals surface area contributed by atoms with Crippen molar-refractivity contribution in [2.75, 3.05) is 18.2 Å². The van der Waals surface area contributed by atoms with E-state index in [9.17, 15) is 9.18 Å². The van der Waals surface area contributed by atoms with Crippen molar-refractivity contribution in [3.63, 3.8) is 0 Å². The van der Waals surface area contributed by atoms with E-state index in [1.165, 1.54) is 17.8 Å². The molecule has 134 valence electrons. The van der Waals surface area contributed by atoms with Crippen molar-refractivity contribution in [2.45, 2.75) is 12.1 Å². The van der Waals surface area contributed by atoms with Crippen molar-refractivity contribution in [3.05, 3.63) is 60.2 Å². The molecule has 0 aliphatic rings. The van der Waals surface area contributed by atoms with Crippen molar-refractivity contribution < 1.29 is 13.9 Å². The lowest BCUT2D eigenvalue weighted by molar-refractivity contribution is -0.113. The van der Waals surface area contributed by atoms with Crippen molar-refractivity contribution in [1.29, 1.82) is 0 Å². The molecule has 1 N–H and O–H groups in total. The molecule has 2 aromatic carbocycles. The Kier molecular flexibility index (Phi) is 5.52. The van der Waals surface area contributed by atoms with Gasteiger partial charge in [-0.1, -0.05) is 30.0 Å². The summed E-state index contributed by atoms with van der Waals surface area (Å²) in [5, 5.41) is 11.2. The number of rotatable bonds is 6. The molecule has 3 rings (SSSR count). The van der Waals surface area contributed by atoms with Crippen LogP contribution in [0.2, 0.25) is 0 Å². The number of aryl methyl sites for hydroxylation is 1. The molecule has 0 bridgehead atoms. The zero-order valence-corrected chi connectivity index (χ0v) is 15.1. The van der Waals surface area contributed by atoms with Gasteiger partial charge >= 0.3 is 0 Å². The lowest BCUT2D eigenvalue weighted by Gasteiger charge is -2.10. The number of aromatic nitrogens is 3. The van der Waals surface area contributed by atoms with Gasteiger partial charge in [0.1, 0.15) is 17.9 Å². The van der Waals surface area contributed by atoms with Gasteiger partial charge in [0.25, 0.3) is 0 Å². The second-order valence-corrected chi connectivity index (χ2v) is 6.40. The number of carbonyl (C=O) groups is 1. The molecule has 1 aromatic heterocycles. The summed E-state index contributed by atoms with van der Waals surface area (Å²) in [7, 11) is 1.59. The number of carbonyl (C=O) groups excluding carboxylic acids is 1. The Morgan fingerprint density at radius 1 is 1.31 bits per heavy atom. The summed E-state index contributed by atoms with van der Waals surface area (Å²) in [5.74, 6) is 0.177. The Hall–Kier alpha value is -2.87. The van der Waals surface area contributed by atoms with E-state index in [-0.39, 0.29) is 17.5 Å². The summed E-state index contributed by atoms with van der Waals surface area (Å²) in [6, 6.07) is 12.0. The third-order valence-corrected chi connectivity index (χ3v) is 4.59. The molecule has 0 radical (unpaired) electrons. The van der Waals surface area contributed by atoms with E-state index < -0.39 is 0 Å². The van der Waals surface area contributed by atoms with E-state index in [0.29, 0.717) is 22.2 Å². The van der Waals surface area contributed by atoms with E-state index in [1.807, 2.05) is 24.3 Å². The minimum Gasteiger partial charge on any atom is -0.495 e. The van der Waals surface area contributed by atoms with Crippen LogP contribution in [0.3, 0.4) is 0 Å². The van der Waals surface area contributed by atoms with Crippen LogP contribution in [0, 0.1) is 12.7 Å². The number of halogens is 1. The second-order valence-electron chi connectivity index (χ2n) is 5.46. The minimum absolute atomic E-state index is 0.114. The number of benzene rings is 2. The first-order chi connectivity index (χ1) is 12.6. The van der Waals surface area contributed by atoms with Gasteiger partial charge in [-0.25, -0.2) is 4.39 Å². The number of hydrogen-bond acceptors (Lipinski definition) is 5. The van der Waals surface area contributed by atoms with Gasteiger partial charge in [0, 0.05) is 5.69 Å². The number of anilines is 1. The van der Waals surface area contributed by atoms with Gasteiger partial charge in [0.2, 0.25) is 5.91 Å². The Morgan fingerprint density at radius 3 is 2.88 bits per heavy atom. The first-order valence-corrected chi connectivity index (χ1v) is 8.79. The van der Waals surface area contributed by atoms with Gasteiger partial charge in [-0.05, 0) is 36.8 Å². The van der Waals surface area contributed by atoms with Crippen LogP contribution in [-0.2, 0) is 4.79 Å². The second kappa shape index (κ2) is 8.01. The van der Waals surface area contributed by atoms with Crippen LogP contribution in [-0.4, -0.2) is 33.5 Å². The molecule has 1 heterocycles. The summed E-state index contributed by atoms with van der Waals surface area (Å²) in [5.41, 5.74) is 1.73. The molecule has 0 unspecified atom stereocenters. The molecule has 3 aromatic rings. The number of ether oxygens (including phenoxy) is 1. The van der Waals surface area contributed by atoms with Crippen molar-refractivity contribution in [2.24, 2.45) is 0 Å². The highest BCUT2D eigenvalue weighted by Gasteiger charge is 2.13. The van der Waals surface area contributed by atoms with E-state index in [1.54, 1.807) is 37.1 Å². The summed E-state index contributed by atoms with van der Waals surface area (Å²) >= 11 is 1.23. The molecule has 0 saturated heterocycles. The van der Waals surface area contributed by atoms with E-state index >= 15 is 0 Å². The first kappa shape index (κ1) is 17.9. The molecule has 0 fully saturated rings. The topological polar surface area (TPSA) is 69.0 Å². The highest BCUT2D eigenvalue weighted by Crippen LogP contribution is 2.26. The van der Waals surface area contributed by atoms with Gasteiger partial charge in [0.15, 0.2) is 5.16 Å². The predicted octanol–water partition coefficient (Wildman–Crippen LogP) is 3.45. The average molecular weight is 372 g/mol. The molecule has 26 heavy (non-hydrogen) atoms. The van der Waals surface area contributed by atoms with E-state index in [2.05, 4.69) is 15.5 Å². The number of amides is 1. The van der Waals surface area contributed by atoms with E-state index in [0.717, 1.165) is 5.69 Å². The molecule has 0 atom stereocenters. The molecule has 6 nitrogen and oxygen atoms in total. The number of thioether (sulfide) groups is 1. The molecule has 0 spiro atoms. The molecular formula is C18H17FN4O2S. The van der Waals surface area contributed by atoms with Crippen molar-refractivity contribution in [1.82, 2.24) is 14.8 Å². The van der Waals surface area contributed by atoms with Crippen LogP contribution < -0.4 is 10.1 Å². The Labute approximate surface area is 154 Å². The highest BCUT2D eigenvalue weighted by atomic mass is 32.2. The third kappa shape index (κ3) is 4.02. The minimum atomic E-state index is -0.355. The zero-order valence-electron chi connectivity index (χ0n) is 14.3. The lowest BCUT2D eigenvalue weighted by Crippen LogP contribution is -2.14. The first-order valence-electron chi connectivity index (χ1n) is 7.80. The fourth-order valence-electron chi connectivity index (χ4n) is 2.31. The normalized spacial score (nSPS) is 10.6. The number of para-hydroxylation sites is 2. The Bertz CT molecular complexity index is 929. The van der Waals surface area contributed by atoms with Crippen LogP contribution in [0.4, 0.5) is 10.1 Å². The number of nitrogens with one attached hydrogen (secondary N) is 1. The Balaban J connectivity index is 1.68. The molecular weight excluding hydrogens is 355 g/mol. The van der Waals surface area contributed by atoms with Crippen molar-refractivity contribution in [3.8, 4) is 11.4 Å². The number of nitrogens with zero attached hydrogens (tertiary/aromatic N) is 3. The van der Waals surface area contributed by atoms with Crippen LogP contribution in [0.15, 0.2) is 53.9 Å². The third-order valence-electron chi connectivity index (χ3n) is 3.65. The fraction of sp³-hybridized carbons (Fsp3) is 0.167. The molecule has 0 aliphatic carbocycles. The number of methoxy groups -OCH3 is 1. The van der Waals surface area contributed by atoms with Gasteiger partial charge in [0.05, 0.1) is 18.6 Å². The van der Waals surface area contributed by atoms with Crippen LogP contribution in [0.25, 0.3) is 5.69 Å². The number of hydrogen-bond donors (Lipinski definition) is 1. The summed E-state index contributed by atoms with van der Waals surface area (Å²) in [6.45, 7) is 1.67. The van der Waals surface area contributed by atoms with Gasteiger partial charge in [-0.15, -0.1) is 10.2 Å². The standard InChI is InChI=1S/C18H17FN4O2S/c1-12-7-8-13(9-14(12)19)21-17(24)10-26-18-22-20-11-23(18)15-5-3-4-6-16(15)25-2/h3-9,11H,10H2,1-2H3,(H,21,24). The summed E-state index contributed by atoms with van der Waals surface area (Å²) < 4.78 is 20.7. The maximum absolute atomic E-state index is 13.6. The van der Waals surface area contributed by atoms with Crippen LogP contribution in [0.5, 0.6) is 5.75 Å². The lowest BCUT2D eigenvalue weighted by atomic mass is 10.2. The molecule has 0 saturated carbocycles. The molecule has 1 amide bonds. The predicted molar refractivity (Wildman–Crippen MR) is 98.4 cm³/mol. The fourth-order valence-corrected chi connectivity index (χ4v) is 3.04. The maximum Gasteiger partial charge on any atom is 0.234 e. The molecule has 8 heteroatoms. The van der Waals surface area contributed by atoms with Gasteiger partial charge < -0.3 is 10.1 Å². The molecule has 0 aliphatic heterocycles. The largest absolute Gasteiger partial charge is 0.495 e. The van der Waals surface area contributed by atoms with E-state index in [4.69, 9.17) is 4.74 Å². The zero-order chi connectivity index (χ0) is 18.5. The highest BCUT2D eigenvalue weighted by molar-refractivity contribution is 7.99. The van der Waals surface area contributed by atoms with Gasteiger partial charge in [-0.3, -0.25) is 9.36 Å². The van der Waals surface area contributed by atoms with Crippen LogP contribution >= 0.6 is 11.8 Å². The average Bonchev–Trinajstić information content (AvgIpc) is 3.11. The maximum atomic E-state index is 13.6. The van der Waals surface area contributed by atoms with Gasteiger partial charge in [-0.2, -0.15) is 0 Å². The van der Waals surface area contributed by atoms with Crippen molar-refractivity contribution >= 4 is 23.4 Å².